The van der Waals surface area contributed by atoms with E-state index in [1.54, 1.807) is 0 Å². The van der Waals surface area contributed by atoms with Crippen molar-refractivity contribution in [3.05, 3.63) is 58.2 Å². The van der Waals surface area contributed by atoms with Crippen LogP contribution in [-0.2, 0) is 23.9 Å². The fourth-order valence-electron chi connectivity index (χ4n) is 4.90. The van der Waals surface area contributed by atoms with Crippen LogP contribution in [0.25, 0.3) is 0 Å². The van der Waals surface area contributed by atoms with Gasteiger partial charge in [0, 0.05) is 50.9 Å². The molecule has 3 heterocycles. The Kier molecular flexibility index (Phi) is 7.67. The van der Waals surface area contributed by atoms with Crippen LogP contribution in [0.2, 0.25) is 5.02 Å². The summed E-state index contributed by atoms with van der Waals surface area (Å²) in [6.07, 6.45) is -0.464. The van der Waals surface area contributed by atoms with Crippen LogP contribution in [0.5, 0.6) is 0 Å². The average molecular weight is 495 g/mol. The van der Waals surface area contributed by atoms with Gasteiger partial charge in [0.1, 0.15) is 5.82 Å². The second kappa shape index (κ2) is 10.5. The van der Waals surface area contributed by atoms with Crippen molar-refractivity contribution in [2.75, 3.05) is 31.1 Å². The molecule has 0 bridgehead atoms. The fourth-order valence-corrected chi connectivity index (χ4v) is 5.18. The van der Waals surface area contributed by atoms with Crippen LogP contribution >= 0.6 is 11.6 Å². The van der Waals surface area contributed by atoms with Gasteiger partial charge in [-0.2, -0.15) is 13.2 Å². The van der Waals surface area contributed by atoms with E-state index in [0.29, 0.717) is 38.3 Å². The molecule has 2 aliphatic rings. The van der Waals surface area contributed by atoms with Gasteiger partial charge in [0.15, 0.2) is 0 Å². The molecule has 1 atom stereocenters. The molecule has 184 valence electrons. The number of hydrogen-bond donors (Lipinski definition) is 1. The van der Waals surface area contributed by atoms with Crippen molar-refractivity contribution in [2.45, 2.75) is 51.4 Å². The zero-order chi connectivity index (χ0) is 24.3. The van der Waals surface area contributed by atoms with E-state index >= 15 is 0 Å². The van der Waals surface area contributed by atoms with Crippen LogP contribution in [-0.4, -0.2) is 48.0 Å². The first-order chi connectivity index (χ1) is 16.3. The van der Waals surface area contributed by atoms with Gasteiger partial charge in [0.05, 0.1) is 10.6 Å². The van der Waals surface area contributed by atoms with Crippen molar-refractivity contribution in [3.63, 3.8) is 0 Å². The minimum Gasteiger partial charge on any atom is -0.355 e. The van der Waals surface area contributed by atoms with Crippen molar-refractivity contribution in [3.8, 4) is 0 Å². The third-order valence-corrected chi connectivity index (χ3v) is 7.25. The van der Waals surface area contributed by atoms with Gasteiger partial charge >= 0.3 is 6.18 Å². The summed E-state index contributed by atoms with van der Waals surface area (Å²) in [7, 11) is 0. The molecule has 1 aromatic heterocycles. The first kappa shape index (κ1) is 24.8. The first-order valence-corrected chi connectivity index (χ1v) is 12.2. The van der Waals surface area contributed by atoms with E-state index in [9.17, 15) is 18.0 Å². The lowest BCUT2D eigenvalue weighted by Gasteiger charge is -2.36. The third-order valence-electron chi connectivity index (χ3n) is 6.97. The van der Waals surface area contributed by atoms with Crippen LogP contribution in [0, 0.1) is 5.92 Å². The summed E-state index contributed by atoms with van der Waals surface area (Å²) in [6.45, 7) is 5.71. The molecule has 0 radical (unpaired) electrons. The number of alkyl halides is 3. The summed E-state index contributed by atoms with van der Waals surface area (Å²) in [5, 5.41) is 3.13. The van der Waals surface area contributed by atoms with Gasteiger partial charge in [-0.3, -0.25) is 9.69 Å². The number of benzene rings is 1. The van der Waals surface area contributed by atoms with Crippen LogP contribution in [0.3, 0.4) is 0 Å². The summed E-state index contributed by atoms with van der Waals surface area (Å²) in [5.41, 5.74) is 1.91. The molecule has 2 aromatic rings. The Labute approximate surface area is 203 Å². The van der Waals surface area contributed by atoms with Gasteiger partial charge in [0.25, 0.3) is 0 Å². The number of halogens is 4. The molecule has 1 amide bonds. The van der Waals surface area contributed by atoms with Gasteiger partial charge in [-0.05, 0) is 42.9 Å². The zero-order valence-electron chi connectivity index (χ0n) is 19.2. The maximum atomic E-state index is 12.9. The second-order valence-corrected chi connectivity index (χ2v) is 9.49. The molecule has 1 aromatic carbocycles. The predicted molar refractivity (Wildman–Crippen MR) is 127 cm³/mol. The van der Waals surface area contributed by atoms with Crippen LogP contribution in [0.15, 0.2) is 36.5 Å². The van der Waals surface area contributed by atoms with E-state index in [-0.39, 0.29) is 22.9 Å². The number of aromatic nitrogens is 1. The highest BCUT2D eigenvalue weighted by molar-refractivity contribution is 6.33. The summed E-state index contributed by atoms with van der Waals surface area (Å²) in [5.74, 6) is 0.260. The van der Waals surface area contributed by atoms with Gasteiger partial charge in [-0.25, -0.2) is 4.98 Å². The summed E-state index contributed by atoms with van der Waals surface area (Å²) < 4.78 is 38.6. The molecule has 34 heavy (non-hydrogen) atoms. The number of carbonyl (C=O) groups is 1. The molecule has 0 saturated carbocycles. The van der Waals surface area contributed by atoms with E-state index in [1.807, 2.05) is 4.90 Å². The number of piperidine rings is 1. The van der Waals surface area contributed by atoms with Crippen molar-refractivity contribution in [1.82, 2.24) is 15.2 Å². The highest BCUT2D eigenvalue weighted by atomic mass is 35.5. The van der Waals surface area contributed by atoms with Crippen LogP contribution in [0.4, 0.5) is 19.0 Å². The predicted octanol–water partition coefficient (Wildman–Crippen LogP) is 4.92. The molecule has 0 spiro atoms. The number of nitrogens with one attached hydrogen (secondary N) is 1. The third kappa shape index (κ3) is 5.66. The number of rotatable bonds is 6. The summed E-state index contributed by atoms with van der Waals surface area (Å²) >= 11 is 6.09. The highest BCUT2D eigenvalue weighted by Crippen LogP contribution is 2.34. The van der Waals surface area contributed by atoms with Gasteiger partial charge in [0.2, 0.25) is 5.91 Å². The quantitative estimate of drug-likeness (QED) is 0.619. The van der Waals surface area contributed by atoms with Crippen LogP contribution < -0.4 is 10.2 Å². The van der Waals surface area contributed by atoms with E-state index in [4.69, 9.17) is 11.6 Å². The topological polar surface area (TPSA) is 48.5 Å². The van der Waals surface area contributed by atoms with Crippen molar-refractivity contribution in [1.29, 1.82) is 0 Å². The van der Waals surface area contributed by atoms with Crippen molar-refractivity contribution in [2.24, 2.45) is 5.92 Å². The standard InChI is InChI=1S/C25H30ClF3N4O/c1-2-21(33-12-7-17-5-3-4-6-19(17)16-33)15-31-24(34)18-8-10-32(11-9-18)23-22(26)13-20(14-30-23)25(27,28)29/h3-6,13-14,18,21H,2,7-12,15-16H2,1H3,(H,31,34). The Morgan fingerprint density at radius 1 is 1.21 bits per heavy atom. The van der Waals surface area contributed by atoms with E-state index in [1.165, 1.54) is 11.1 Å². The Balaban J connectivity index is 1.27. The van der Waals surface area contributed by atoms with Gasteiger partial charge in [-0.15, -0.1) is 0 Å². The average Bonchev–Trinajstić information content (AvgIpc) is 2.83. The molecule has 1 saturated heterocycles. The molecule has 1 N–H and O–H groups in total. The number of nitrogens with zero attached hydrogens (tertiary/aromatic N) is 3. The smallest absolute Gasteiger partial charge is 0.355 e. The number of amides is 1. The SMILES string of the molecule is CCC(CNC(=O)C1CCN(c2ncc(C(F)(F)F)cc2Cl)CC1)N1CCc2ccccc2C1. The molecule has 9 heteroatoms. The minimum atomic E-state index is -4.48. The lowest BCUT2D eigenvalue weighted by Crippen LogP contribution is -2.48. The molecule has 0 aliphatic carbocycles. The van der Waals surface area contributed by atoms with E-state index in [2.05, 4.69) is 46.4 Å². The number of anilines is 1. The van der Waals surface area contributed by atoms with E-state index < -0.39 is 11.7 Å². The Hall–Kier alpha value is -2.32. The summed E-state index contributed by atoms with van der Waals surface area (Å²) in [4.78, 5) is 21.1. The highest BCUT2D eigenvalue weighted by Gasteiger charge is 2.33. The van der Waals surface area contributed by atoms with Crippen molar-refractivity contribution >= 4 is 23.3 Å². The minimum absolute atomic E-state index is 0.0216. The van der Waals surface area contributed by atoms with Gasteiger partial charge < -0.3 is 10.2 Å². The molecule has 5 nitrogen and oxygen atoms in total. The normalized spacial score (nSPS) is 18.4. The maximum absolute atomic E-state index is 12.9. The number of fused-ring (bicyclic) bond motifs is 1. The lowest BCUT2D eigenvalue weighted by molar-refractivity contribution is -0.137. The van der Waals surface area contributed by atoms with Crippen molar-refractivity contribution < 1.29 is 18.0 Å². The summed E-state index contributed by atoms with van der Waals surface area (Å²) in [6, 6.07) is 9.72. The lowest BCUT2D eigenvalue weighted by atomic mass is 9.95. The molecule has 1 unspecified atom stereocenters. The molecular formula is C25H30ClF3N4O. The first-order valence-electron chi connectivity index (χ1n) is 11.8. The zero-order valence-corrected chi connectivity index (χ0v) is 20.0. The Morgan fingerprint density at radius 3 is 2.56 bits per heavy atom. The molecule has 4 rings (SSSR count). The monoisotopic (exact) mass is 494 g/mol. The Bertz CT molecular complexity index is 1010. The number of carbonyl (C=O) groups excluding carboxylic acids is 1. The number of pyridine rings is 1. The second-order valence-electron chi connectivity index (χ2n) is 9.08. The largest absolute Gasteiger partial charge is 0.417 e. The molecular weight excluding hydrogens is 465 g/mol. The van der Waals surface area contributed by atoms with Gasteiger partial charge in [-0.1, -0.05) is 42.8 Å². The van der Waals surface area contributed by atoms with Crippen LogP contribution in [0.1, 0.15) is 42.9 Å². The molecule has 2 aliphatic heterocycles. The maximum Gasteiger partial charge on any atom is 0.417 e. The fraction of sp³-hybridized carbons (Fsp3) is 0.520. The molecule has 1 fully saturated rings. The Morgan fingerprint density at radius 2 is 1.91 bits per heavy atom. The van der Waals surface area contributed by atoms with E-state index in [0.717, 1.165) is 38.2 Å². The number of hydrogen-bond acceptors (Lipinski definition) is 4.